The van der Waals surface area contributed by atoms with Crippen LogP contribution in [0.2, 0.25) is 0 Å². The average molecular weight is 554 g/mol. The molecule has 32 heavy (non-hydrogen) atoms. The highest BCUT2D eigenvalue weighted by Crippen LogP contribution is 2.24. The van der Waals surface area contributed by atoms with Crippen LogP contribution >= 0.6 is 24.0 Å². The molecule has 0 aliphatic carbocycles. The minimum Gasteiger partial charge on any atom is -0.393 e. The molecule has 0 atom stereocenters. The minimum absolute atomic E-state index is 0. The molecule has 176 valence electrons. The maximum Gasteiger partial charge on any atom is 0.191 e. The summed E-state index contributed by atoms with van der Waals surface area (Å²) in [6.45, 7) is 7.55. The third-order valence-corrected chi connectivity index (χ3v) is 5.64. The van der Waals surface area contributed by atoms with E-state index in [4.69, 9.17) is 0 Å². The molecule has 0 unspecified atom stereocenters. The van der Waals surface area contributed by atoms with E-state index in [1.54, 1.807) is 6.07 Å². The molecule has 1 aliphatic heterocycles. The summed E-state index contributed by atoms with van der Waals surface area (Å²) in [5, 5.41) is 16.4. The zero-order valence-corrected chi connectivity index (χ0v) is 21.4. The van der Waals surface area contributed by atoms with E-state index in [1.807, 2.05) is 17.0 Å². The van der Waals surface area contributed by atoms with Crippen LogP contribution in [0.3, 0.4) is 0 Å². The predicted octanol–water partition coefficient (Wildman–Crippen LogP) is 4.75. The van der Waals surface area contributed by atoms with Gasteiger partial charge < -0.3 is 20.6 Å². The van der Waals surface area contributed by atoms with Gasteiger partial charge in [0.1, 0.15) is 5.82 Å². The van der Waals surface area contributed by atoms with Crippen molar-refractivity contribution in [1.29, 1.82) is 0 Å². The summed E-state index contributed by atoms with van der Waals surface area (Å²) in [7, 11) is 0. The van der Waals surface area contributed by atoms with E-state index in [0.717, 1.165) is 30.9 Å². The van der Waals surface area contributed by atoms with Crippen molar-refractivity contribution in [2.75, 3.05) is 24.5 Å². The molecule has 0 bridgehead atoms. The van der Waals surface area contributed by atoms with E-state index in [9.17, 15) is 9.50 Å². The Hall–Kier alpha value is -1.87. The first-order chi connectivity index (χ1) is 15.0. The molecule has 7 heteroatoms. The number of anilines is 1. The highest BCUT2D eigenvalue weighted by Gasteiger charge is 2.19. The van der Waals surface area contributed by atoms with Gasteiger partial charge in [-0.1, -0.05) is 49.2 Å². The third kappa shape index (κ3) is 8.24. The van der Waals surface area contributed by atoms with Gasteiger partial charge in [0, 0.05) is 26.2 Å². The molecule has 0 aromatic heterocycles. The lowest BCUT2D eigenvalue weighted by atomic mass is 10.1. The highest BCUT2D eigenvalue weighted by molar-refractivity contribution is 14.0. The SMILES string of the molecule is CCCCNC(=NCc1ccc(N2CCC(O)CC2)c(F)c1)NCc1ccc(C)cc1.I. The summed E-state index contributed by atoms with van der Waals surface area (Å²) >= 11 is 0. The Bertz CT molecular complexity index is 852. The number of hydrogen-bond acceptors (Lipinski definition) is 3. The summed E-state index contributed by atoms with van der Waals surface area (Å²) in [6, 6.07) is 13.8. The highest BCUT2D eigenvalue weighted by atomic mass is 127. The Balaban J connectivity index is 0.00000363. The van der Waals surface area contributed by atoms with Gasteiger partial charge in [0.15, 0.2) is 5.96 Å². The van der Waals surface area contributed by atoms with Crippen molar-refractivity contribution in [2.45, 2.75) is 58.7 Å². The molecule has 1 saturated heterocycles. The number of rotatable bonds is 8. The maximum absolute atomic E-state index is 14.7. The van der Waals surface area contributed by atoms with Crippen LogP contribution in [0.15, 0.2) is 47.5 Å². The lowest BCUT2D eigenvalue weighted by molar-refractivity contribution is 0.145. The number of piperidine rings is 1. The molecule has 0 amide bonds. The summed E-state index contributed by atoms with van der Waals surface area (Å²) in [6.07, 6.45) is 3.28. The number of aliphatic hydroxyl groups excluding tert-OH is 1. The number of hydrogen-bond donors (Lipinski definition) is 3. The maximum atomic E-state index is 14.7. The van der Waals surface area contributed by atoms with E-state index >= 15 is 0 Å². The van der Waals surface area contributed by atoms with Gasteiger partial charge in [0.2, 0.25) is 0 Å². The van der Waals surface area contributed by atoms with Gasteiger partial charge in [-0.2, -0.15) is 0 Å². The van der Waals surface area contributed by atoms with E-state index in [1.165, 1.54) is 11.1 Å². The van der Waals surface area contributed by atoms with Crippen LogP contribution in [-0.4, -0.2) is 36.8 Å². The van der Waals surface area contributed by atoms with Crippen molar-refractivity contribution in [3.8, 4) is 0 Å². The monoisotopic (exact) mass is 554 g/mol. The van der Waals surface area contributed by atoms with Gasteiger partial charge in [-0.25, -0.2) is 9.38 Å². The number of unbranched alkanes of at least 4 members (excludes halogenated alkanes) is 1. The lowest BCUT2D eigenvalue weighted by Gasteiger charge is -2.31. The summed E-state index contributed by atoms with van der Waals surface area (Å²) < 4.78 is 14.7. The number of aliphatic hydroxyl groups is 1. The van der Waals surface area contributed by atoms with Crippen molar-refractivity contribution in [2.24, 2.45) is 4.99 Å². The molecule has 1 fully saturated rings. The number of nitrogens with one attached hydrogen (secondary N) is 2. The van der Waals surface area contributed by atoms with Crippen LogP contribution < -0.4 is 15.5 Å². The van der Waals surface area contributed by atoms with Gasteiger partial charge >= 0.3 is 0 Å². The van der Waals surface area contributed by atoms with Crippen molar-refractivity contribution in [3.63, 3.8) is 0 Å². The molecule has 5 nitrogen and oxygen atoms in total. The first kappa shape index (κ1) is 26.4. The second kappa shape index (κ2) is 13.6. The van der Waals surface area contributed by atoms with Crippen molar-refractivity contribution >= 4 is 35.6 Å². The first-order valence-corrected chi connectivity index (χ1v) is 11.3. The molecule has 3 rings (SSSR count). The largest absolute Gasteiger partial charge is 0.393 e. The van der Waals surface area contributed by atoms with Crippen LogP contribution in [0.4, 0.5) is 10.1 Å². The van der Waals surface area contributed by atoms with Gasteiger partial charge in [0.25, 0.3) is 0 Å². The summed E-state index contributed by atoms with van der Waals surface area (Å²) in [4.78, 5) is 6.68. The Labute approximate surface area is 208 Å². The van der Waals surface area contributed by atoms with Crippen molar-refractivity contribution < 1.29 is 9.50 Å². The number of halogens is 2. The Morgan fingerprint density at radius 3 is 2.44 bits per heavy atom. The van der Waals surface area contributed by atoms with Crippen LogP contribution in [-0.2, 0) is 13.1 Å². The number of nitrogens with zero attached hydrogens (tertiary/aromatic N) is 2. The summed E-state index contributed by atoms with van der Waals surface area (Å²) in [5.41, 5.74) is 3.88. The van der Waals surface area contributed by atoms with E-state index < -0.39 is 0 Å². The third-order valence-electron chi connectivity index (χ3n) is 5.64. The summed E-state index contributed by atoms with van der Waals surface area (Å²) in [5.74, 6) is 0.515. The van der Waals surface area contributed by atoms with Crippen LogP contribution in [0, 0.1) is 12.7 Å². The number of guanidine groups is 1. The number of benzene rings is 2. The molecule has 0 spiro atoms. The zero-order chi connectivity index (χ0) is 22.1. The molecule has 2 aromatic carbocycles. The molecule has 0 saturated carbocycles. The van der Waals surface area contributed by atoms with E-state index in [0.29, 0.717) is 44.7 Å². The van der Waals surface area contributed by atoms with Gasteiger partial charge in [0.05, 0.1) is 18.3 Å². The predicted molar refractivity (Wildman–Crippen MR) is 141 cm³/mol. The number of aliphatic imine (C=N–C) groups is 1. The molecule has 1 aliphatic rings. The Kier molecular flexibility index (Phi) is 11.2. The van der Waals surface area contributed by atoms with E-state index in [2.05, 4.69) is 53.7 Å². The lowest BCUT2D eigenvalue weighted by Crippen LogP contribution is -2.37. The van der Waals surface area contributed by atoms with Crippen LogP contribution in [0.1, 0.15) is 49.3 Å². The molecule has 3 N–H and O–H groups in total. The van der Waals surface area contributed by atoms with Crippen molar-refractivity contribution in [1.82, 2.24) is 10.6 Å². The second-order valence-electron chi connectivity index (χ2n) is 8.29. The average Bonchev–Trinajstić information content (AvgIpc) is 2.77. The van der Waals surface area contributed by atoms with Crippen LogP contribution in [0.25, 0.3) is 0 Å². The fraction of sp³-hybridized carbons (Fsp3) is 0.480. The molecular formula is C25H36FIN4O. The smallest absolute Gasteiger partial charge is 0.191 e. The van der Waals surface area contributed by atoms with Crippen molar-refractivity contribution in [3.05, 3.63) is 65.0 Å². The fourth-order valence-electron chi connectivity index (χ4n) is 3.63. The molecule has 0 radical (unpaired) electrons. The van der Waals surface area contributed by atoms with Gasteiger partial charge in [-0.15, -0.1) is 24.0 Å². The van der Waals surface area contributed by atoms with Gasteiger partial charge in [-0.3, -0.25) is 0 Å². The number of aryl methyl sites for hydroxylation is 1. The van der Waals surface area contributed by atoms with Gasteiger partial charge in [-0.05, 0) is 49.4 Å². The quantitative estimate of drug-likeness (QED) is 0.191. The fourth-order valence-corrected chi connectivity index (χ4v) is 3.63. The van der Waals surface area contributed by atoms with Crippen LogP contribution in [0.5, 0.6) is 0 Å². The zero-order valence-electron chi connectivity index (χ0n) is 19.1. The Morgan fingerprint density at radius 1 is 1.09 bits per heavy atom. The molecule has 2 aromatic rings. The first-order valence-electron chi connectivity index (χ1n) is 11.3. The topological polar surface area (TPSA) is 59.9 Å². The molecular weight excluding hydrogens is 518 g/mol. The van der Waals surface area contributed by atoms with E-state index in [-0.39, 0.29) is 35.9 Å². The standard InChI is InChI=1S/C25H35FN4O.HI/c1-3-4-13-27-25(28-17-20-7-5-19(2)6-8-20)29-18-21-9-10-24(23(26)16-21)30-14-11-22(31)12-15-30;/h5-10,16,22,31H,3-4,11-15,17-18H2,1-2H3,(H2,27,28,29);1H. The minimum atomic E-state index is -0.265. The second-order valence-corrected chi connectivity index (χ2v) is 8.29. The normalized spacial score (nSPS) is 14.8. The Morgan fingerprint density at radius 2 is 1.78 bits per heavy atom. The molecule has 1 heterocycles.